The lowest BCUT2D eigenvalue weighted by Crippen LogP contribution is -3.00. The van der Waals surface area contributed by atoms with Gasteiger partial charge in [-0.05, 0) is 67.9 Å². The smallest absolute Gasteiger partial charge is 0.310 e. The molecule has 4 nitrogen and oxygen atoms in total. The lowest BCUT2D eigenvalue weighted by atomic mass is 9.87. The normalized spacial score (nSPS) is 27.8. The first kappa shape index (κ1) is 28.4. The van der Waals surface area contributed by atoms with Gasteiger partial charge in [-0.1, -0.05) is 67.3 Å². The molecule has 2 aromatic rings. The van der Waals surface area contributed by atoms with E-state index in [1.165, 1.54) is 48.8 Å². The van der Waals surface area contributed by atoms with Gasteiger partial charge in [0.25, 0.3) is 0 Å². The third kappa shape index (κ3) is 6.03. The number of quaternary nitrogens is 1. The zero-order valence-corrected chi connectivity index (χ0v) is 24.1. The molecule has 0 N–H and O–H groups in total. The highest BCUT2D eigenvalue weighted by atomic mass is 35.5. The molecule has 0 radical (unpaired) electrons. The topological polar surface area (TPSA) is 29.5 Å². The molecule has 1 saturated heterocycles. The van der Waals surface area contributed by atoms with Crippen LogP contribution < -0.4 is 12.4 Å². The van der Waals surface area contributed by atoms with Gasteiger partial charge in [-0.3, -0.25) is 14.2 Å². The van der Waals surface area contributed by atoms with Gasteiger partial charge in [0.05, 0.1) is 20.1 Å². The van der Waals surface area contributed by atoms with Crippen molar-refractivity contribution in [3.05, 3.63) is 70.2 Å². The minimum Gasteiger partial charge on any atom is -1.00 e. The van der Waals surface area contributed by atoms with Crippen molar-refractivity contribution in [1.29, 1.82) is 0 Å². The Morgan fingerprint density at radius 2 is 1.81 bits per heavy atom. The maximum absolute atomic E-state index is 12.7. The molecule has 1 heterocycles. The second-order valence-corrected chi connectivity index (χ2v) is 12.7. The van der Waals surface area contributed by atoms with Gasteiger partial charge < -0.3 is 17.1 Å². The minimum atomic E-state index is -0.0348. The van der Waals surface area contributed by atoms with E-state index in [9.17, 15) is 4.79 Å². The molecule has 0 aromatic heterocycles. The van der Waals surface area contributed by atoms with E-state index in [1.54, 1.807) is 0 Å². The number of fused-ring (bicyclic) bond motifs is 1. The van der Waals surface area contributed by atoms with Crippen LogP contribution in [0.1, 0.15) is 87.4 Å². The van der Waals surface area contributed by atoms with Crippen LogP contribution in [-0.2, 0) is 9.53 Å². The van der Waals surface area contributed by atoms with E-state index in [2.05, 4.69) is 68.3 Å². The largest absolute Gasteiger partial charge is 1.00 e. The fourth-order valence-electron chi connectivity index (χ4n) is 6.78. The number of ether oxygens (including phenoxy) is 1. The number of piperazine rings is 1. The van der Waals surface area contributed by atoms with Crippen molar-refractivity contribution < 1.29 is 26.4 Å². The molecule has 0 amide bonds. The van der Waals surface area contributed by atoms with Gasteiger partial charge in [-0.2, -0.15) is 0 Å². The molecule has 2 aromatic carbocycles. The number of hydrogen-bond donors (Lipinski definition) is 0. The van der Waals surface area contributed by atoms with Crippen LogP contribution in [0, 0.1) is 5.92 Å². The molecular formula is C31H42Cl2N2O2. The Morgan fingerprint density at radius 1 is 1.08 bits per heavy atom. The van der Waals surface area contributed by atoms with Crippen molar-refractivity contribution in [3.8, 4) is 0 Å². The Hall–Kier alpha value is -1.59. The molecular weight excluding hydrogens is 503 g/mol. The summed E-state index contributed by atoms with van der Waals surface area (Å²) in [6.45, 7) is 8.03. The van der Waals surface area contributed by atoms with Crippen molar-refractivity contribution in [1.82, 2.24) is 4.90 Å². The predicted molar refractivity (Wildman–Crippen MR) is 146 cm³/mol. The number of rotatable bonds is 6. The zero-order chi connectivity index (χ0) is 25.3. The van der Waals surface area contributed by atoms with Crippen molar-refractivity contribution >= 4 is 17.6 Å². The third-order valence-electron chi connectivity index (χ3n) is 9.51. The average Bonchev–Trinajstić information content (AvgIpc) is 3.24. The highest BCUT2D eigenvalue weighted by molar-refractivity contribution is 6.30. The number of halogens is 2. The van der Waals surface area contributed by atoms with E-state index in [-0.39, 0.29) is 23.9 Å². The first-order chi connectivity index (χ1) is 17.3. The van der Waals surface area contributed by atoms with Crippen molar-refractivity contribution in [3.63, 3.8) is 0 Å². The molecule has 202 valence electrons. The molecule has 6 heteroatoms. The fraction of sp³-hybridized carbons (Fsp3) is 0.581. The minimum absolute atomic E-state index is 0. The van der Waals surface area contributed by atoms with Gasteiger partial charge in [0, 0.05) is 29.9 Å². The highest BCUT2D eigenvalue weighted by Gasteiger charge is 2.49. The van der Waals surface area contributed by atoms with Gasteiger partial charge in [0.1, 0.15) is 5.54 Å². The number of hydrogen-bond acceptors (Lipinski definition) is 3. The monoisotopic (exact) mass is 544 g/mol. The zero-order valence-electron chi connectivity index (χ0n) is 22.6. The summed E-state index contributed by atoms with van der Waals surface area (Å²) >= 11 is 6.49. The number of carbonyl (C=O) groups is 1. The summed E-state index contributed by atoms with van der Waals surface area (Å²) in [4.78, 5) is 15.3. The Kier molecular flexibility index (Phi) is 8.95. The van der Waals surface area contributed by atoms with Crippen molar-refractivity contribution in [2.45, 2.75) is 76.3 Å². The van der Waals surface area contributed by atoms with Crippen LogP contribution in [0.3, 0.4) is 0 Å². The van der Waals surface area contributed by atoms with Gasteiger partial charge >= 0.3 is 5.97 Å². The van der Waals surface area contributed by atoms with E-state index in [4.69, 9.17) is 16.3 Å². The Morgan fingerprint density at radius 3 is 2.51 bits per heavy atom. The summed E-state index contributed by atoms with van der Waals surface area (Å²) in [5.74, 6) is 0.910. The first-order valence-electron chi connectivity index (χ1n) is 13.8. The average molecular weight is 546 g/mol. The quantitative estimate of drug-likeness (QED) is 0.407. The lowest BCUT2D eigenvalue weighted by Gasteiger charge is -2.53. The van der Waals surface area contributed by atoms with E-state index >= 15 is 0 Å². The van der Waals surface area contributed by atoms with Crippen LogP contribution in [0.25, 0.3) is 0 Å². The van der Waals surface area contributed by atoms with Crippen molar-refractivity contribution in [2.75, 3.05) is 33.4 Å². The predicted octanol–water partition coefficient (Wildman–Crippen LogP) is 3.93. The molecule has 5 rings (SSSR count). The Balaban J connectivity index is 0.00000320. The number of carbonyl (C=O) groups excluding carboxylic acids is 1. The Labute approximate surface area is 234 Å². The van der Waals surface area contributed by atoms with Crippen LogP contribution >= 0.6 is 11.6 Å². The van der Waals surface area contributed by atoms with Gasteiger partial charge in [-0.25, -0.2) is 0 Å². The molecule has 1 aliphatic heterocycles. The molecule has 0 spiro atoms. The molecule has 0 unspecified atom stereocenters. The Bertz CT molecular complexity index is 1070. The summed E-state index contributed by atoms with van der Waals surface area (Å²) < 4.78 is 6.69. The summed E-state index contributed by atoms with van der Waals surface area (Å²) in [5.41, 5.74) is 4.13. The lowest BCUT2D eigenvalue weighted by molar-refractivity contribution is -0.974. The summed E-state index contributed by atoms with van der Waals surface area (Å²) in [6.07, 6.45) is 7.86. The number of benzene rings is 2. The number of nitrogens with zero attached hydrogens (tertiary/aromatic N) is 2. The van der Waals surface area contributed by atoms with E-state index in [1.807, 2.05) is 6.07 Å². The maximum Gasteiger partial charge on any atom is 0.310 e. The molecule has 37 heavy (non-hydrogen) atoms. The number of likely N-dealkylation sites (N-methyl/N-ethyl adjacent to an activating group) is 1. The molecule has 3 aliphatic rings. The molecule has 2 aliphatic carbocycles. The third-order valence-corrected chi connectivity index (χ3v) is 9.74. The SMILES string of the molecule is CC1(C)CN([C@@H]2C[C@@H](c3ccccc3)c3ccc(Cl)cc32)CC[N@+]1(C)COC(=O)CC1CCCCC1.[Cl-]. The second-order valence-electron chi connectivity index (χ2n) is 12.2. The molecule has 0 bridgehead atoms. The van der Waals surface area contributed by atoms with Gasteiger partial charge in [0.15, 0.2) is 0 Å². The molecule has 1 saturated carbocycles. The standard InChI is InChI=1S/C31H42ClN2O2.ClH/c1-31(2)21-33(16-17-34(31,3)22-36-30(35)18-23-10-6-4-7-11-23)29-20-27(24-12-8-5-9-13-24)26-15-14-25(32)19-28(26)29;/h5,8-9,12-15,19,23,27,29H,4,6-7,10-11,16-18,20-22H2,1-3H3;1H/q+1;/p-1/t27-,29+,34+;/m0./s1. The molecule has 2 fully saturated rings. The fourth-order valence-corrected chi connectivity index (χ4v) is 6.96. The van der Waals surface area contributed by atoms with Gasteiger partial charge in [0.2, 0.25) is 6.73 Å². The van der Waals surface area contributed by atoms with Crippen LogP contribution in [0.4, 0.5) is 0 Å². The van der Waals surface area contributed by atoms with E-state index < -0.39 is 0 Å². The van der Waals surface area contributed by atoms with Crippen LogP contribution in [0.2, 0.25) is 5.02 Å². The van der Waals surface area contributed by atoms with Gasteiger partial charge in [-0.15, -0.1) is 0 Å². The highest BCUT2D eigenvalue weighted by Crippen LogP contribution is 2.48. The van der Waals surface area contributed by atoms with Crippen LogP contribution in [-0.4, -0.2) is 54.3 Å². The summed E-state index contributed by atoms with van der Waals surface area (Å²) in [7, 11) is 2.26. The maximum atomic E-state index is 12.7. The second kappa shape index (κ2) is 11.7. The number of esters is 1. The van der Waals surface area contributed by atoms with E-state index in [0.29, 0.717) is 31.0 Å². The van der Waals surface area contributed by atoms with E-state index in [0.717, 1.165) is 35.6 Å². The molecule has 3 atom stereocenters. The summed E-state index contributed by atoms with van der Waals surface area (Å²) in [5, 5.41) is 0.814. The summed E-state index contributed by atoms with van der Waals surface area (Å²) in [6, 6.07) is 17.7. The first-order valence-corrected chi connectivity index (χ1v) is 14.2. The van der Waals surface area contributed by atoms with Crippen molar-refractivity contribution in [2.24, 2.45) is 5.92 Å². The van der Waals surface area contributed by atoms with Crippen LogP contribution in [0.5, 0.6) is 0 Å². The van der Waals surface area contributed by atoms with Crippen LogP contribution in [0.15, 0.2) is 48.5 Å².